The molecule has 1 N–H and O–H groups in total. The maximum Gasteiger partial charge on any atom is 0.230 e. The van der Waals surface area contributed by atoms with Crippen LogP contribution in [0.15, 0.2) is 41.4 Å². The van der Waals surface area contributed by atoms with Crippen molar-refractivity contribution in [1.82, 2.24) is 14.7 Å². The highest BCUT2D eigenvalue weighted by molar-refractivity contribution is 7.98. The van der Waals surface area contributed by atoms with Crippen molar-refractivity contribution in [2.24, 2.45) is 5.92 Å². The highest BCUT2D eigenvalue weighted by Gasteiger charge is 2.06. The number of benzene rings is 1. The van der Waals surface area contributed by atoms with Gasteiger partial charge in [0.15, 0.2) is 0 Å². The second-order valence-electron chi connectivity index (χ2n) is 5.30. The van der Waals surface area contributed by atoms with Crippen LogP contribution in [0.1, 0.15) is 26.7 Å². The summed E-state index contributed by atoms with van der Waals surface area (Å²) in [5, 5.41) is 0.220. The van der Waals surface area contributed by atoms with Crippen LogP contribution in [-0.4, -0.2) is 15.9 Å². The van der Waals surface area contributed by atoms with Crippen molar-refractivity contribution in [3.8, 4) is 11.3 Å². The molecule has 2 rings (SSSR count). The second-order valence-corrected chi connectivity index (χ2v) is 6.52. The molecule has 22 heavy (non-hydrogen) atoms. The minimum absolute atomic E-state index is 0.0502. The Kier molecular flexibility index (Phi) is 6.21. The fraction of sp³-hybridized carbons (Fsp3) is 0.312. The van der Waals surface area contributed by atoms with E-state index in [0.717, 1.165) is 22.6 Å². The lowest BCUT2D eigenvalue weighted by Gasteiger charge is -2.07. The van der Waals surface area contributed by atoms with Crippen molar-refractivity contribution in [3.63, 3.8) is 0 Å². The molecule has 0 unspecified atom stereocenters. The Balaban J connectivity index is 1.99. The molecule has 0 aliphatic carbocycles. The van der Waals surface area contributed by atoms with Crippen LogP contribution in [0.4, 0.5) is 0 Å². The summed E-state index contributed by atoms with van der Waals surface area (Å²) >= 11 is 7.13. The summed E-state index contributed by atoms with van der Waals surface area (Å²) in [6.45, 7) is 4.22. The molecule has 0 radical (unpaired) electrons. The Bertz CT molecular complexity index is 649. The van der Waals surface area contributed by atoms with E-state index >= 15 is 0 Å². The van der Waals surface area contributed by atoms with E-state index in [2.05, 4.69) is 28.5 Å². The molecule has 2 aromatic rings. The van der Waals surface area contributed by atoms with Gasteiger partial charge in [-0.1, -0.05) is 26.0 Å². The number of aromatic nitrogens is 2. The van der Waals surface area contributed by atoms with E-state index in [-0.39, 0.29) is 11.2 Å². The van der Waals surface area contributed by atoms with Gasteiger partial charge in [-0.15, -0.1) is 0 Å². The Morgan fingerprint density at radius 1 is 1.36 bits per heavy atom. The van der Waals surface area contributed by atoms with Crippen molar-refractivity contribution in [1.29, 1.82) is 0 Å². The van der Waals surface area contributed by atoms with Gasteiger partial charge >= 0.3 is 0 Å². The zero-order valence-corrected chi connectivity index (χ0v) is 14.1. The monoisotopic (exact) mass is 335 g/mol. The van der Waals surface area contributed by atoms with Gasteiger partial charge in [-0.25, -0.2) is 9.97 Å². The van der Waals surface area contributed by atoms with Crippen LogP contribution in [0.5, 0.6) is 0 Å². The molecule has 1 amide bonds. The Labute approximate surface area is 139 Å². The highest BCUT2D eigenvalue weighted by Crippen LogP contribution is 2.23. The second kappa shape index (κ2) is 8.15. The maximum absolute atomic E-state index is 11.8. The first-order chi connectivity index (χ1) is 10.5. The molecule has 0 saturated heterocycles. The third kappa shape index (κ3) is 5.31. The van der Waals surface area contributed by atoms with Crippen LogP contribution in [0, 0.1) is 5.92 Å². The average molecular weight is 336 g/mol. The van der Waals surface area contributed by atoms with Crippen molar-refractivity contribution < 1.29 is 4.79 Å². The number of carbonyl (C=O) groups excluding carboxylic acids is 1. The summed E-state index contributed by atoms with van der Waals surface area (Å²) in [7, 11) is 0. The zero-order valence-electron chi connectivity index (χ0n) is 12.5. The molecule has 0 atom stereocenters. The summed E-state index contributed by atoms with van der Waals surface area (Å²) in [5.41, 5.74) is 1.69. The molecule has 6 heteroatoms. The van der Waals surface area contributed by atoms with Gasteiger partial charge in [0.2, 0.25) is 11.2 Å². The number of nitrogens with one attached hydrogen (secondary N) is 1. The van der Waals surface area contributed by atoms with Gasteiger partial charge in [0.1, 0.15) is 0 Å². The van der Waals surface area contributed by atoms with Crippen LogP contribution in [-0.2, 0) is 4.79 Å². The summed E-state index contributed by atoms with van der Waals surface area (Å²) in [4.78, 5) is 20.8. The van der Waals surface area contributed by atoms with E-state index in [9.17, 15) is 4.79 Å². The molecule has 116 valence electrons. The van der Waals surface area contributed by atoms with E-state index in [1.54, 1.807) is 12.3 Å². The topological polar surface area (TPSA) is 54.9 Å². The molecule has 0 saturated carbocycles. The molecular formula is C16H18ClN3OS. The lowest BCUT2D eigenvalue weighted by atomic mass is 10.1. The van der Waals surface area contributed by atoms with Crippen LogP contribution in [0.2, 0.25) is 5.28 Å². The van der Waals surface area contributed by atoms with Crippen molar-refractivity contribution >= 4 is 29.5 Å². The minimum atomic E-state index is 0.0502. The number of hydrogen-bond acceptors (Lipinski definition) is 4. The molecule has 1 aromatic carbocycles. The standard InChI is InChI=1S/C16H18ClN3OS/c1-11(2)6-7-15(21)20-22-13-5-3-4-12(10-13)14-8-9-18-16(17)19-14/h3-5,8-11H,6-7H2,1-2H3,(H,20,21). The van der Waals surface area contributed by atoms with Crippen molar-refractivity contribution in [2.45, 2.75) is 31.6 Å². The minimum Gasteiger partial charge on any atom is -0.296 e. The number of amides is 1. The summed E-state index contributed by atoms with van der Waals surface area (Å²) in [5.74, 6) is 0.579. The molecule has 0 aliphatic rings. The van der Waals surface area contributed by atoms with Crippen LogP contribution >= 0.6 is 23.5 Å². The average Bonchev–Trinajstić information content (AvgIpc) is 2.51. The largest absolute Gasteiger partial charge is 0.296 e. The molecule has 0 spiro atoms. The van der Waals surface area contributed by atoms with Gasteiger partial charge in [0, 0.05) is 23.1 Å². The van der Waals surface area contributed by atoms with E-state index in [4.69, 9.17) is 11.6 Å². The van der Waals surface area contributed by atoms with Crippen LogP contribution in [0.3, 0.4) is 0 Å². The van der Waals surface area contributed by atoms with E-state index in [0.29, 0.717) is 12.3 Å². The number of hydrogen-bond donors (Lipinski definition) is 1. The maximum atomic E-state index is 11.8. The Hall–Kier alpha value is -1.59. The zero-order chi connectivity index (χ0) is 15.9. The Morgan fingerprint density at radius 2 is 2.18 bits per heavy atom. The first-order valence-corrected chi connectivity index (χ1v) is 8.28. The molecule has 4 nitrogen and oxygen atoms in total. The van der Waals surface area contributed by atoms with Crippen LogP contribution < -0.4 is 4.72 Å². The Morgan fingerprint density at radius 3 is 2.91 bits per heavy atom. The predicted molar refractivity (Wildman–Crippen MR) is 90.5 cm³/mol. The van der Waals surface area contributed by atoms with Gasteiger partial charge in [-0.3, -0.25) is 9.52 Å². The van der Waals surface area contributed by atoms with Crippen molar-refractivity contribution in [3.05, 3.63) is 41.8 Å². The predicted octanol–water partition coefficient (Wildman–Crippen LogP) is 4.36. The van der Waals surface area contributed by atoms with Gasteiger partial charge in [0.25, 0.3) is 0 Å². The normalized spacial score (nSPS) is 10.7. The van der Waals surface area contributed by atoms with Gasteiger partial charge in [-0.2, -0.15) is 0 Å². The van der Waals surface area contributed by atoms with Gasteiger partial charge < -0.3 is 0 Å². The van der Waals surface area contributed by atoms with E-state index < -0.39 is 0 Å². The number of nitrogens with zero attached hydrogens (tertiary/aromatic N) is 2. The molecular weight excluding hydrogens is 318 g/mol. The molecule has 1 heterocycles. The SMILES string of the molecule is CC(C)CCC(=O)NSc1cccc(-c2ccnc(Cl)n2)c1. The van der Waals surface area contributed by atoms with E-state index in [1.807, 2.05) is 24.3 Å². The number of carbonyl (C=O) groups is 1. The van der Waals surface area contributed by atoms with E-state index in [1.165, 1.54) is 11.9 Å². The lowest BCUT2D eigenvalue weighted by Crippen LogP contribution is -2.15. The first kappa shape index (κ1) is 16.8. The quantitative estimate of drug-likeness (QED) is 0.629. The third-order valence-electron chi connectivity index (χ3n) is 2.99. The van der Waals surface area contributed by atoms with Crippen molar-refractivity contribution in [2.75, 3.05) is 0 Å². The first-order valence-electron chi connectivity index (χ1n) is 7.09. The van der Waals surface area contributed by atoms with Gasteiger partial charge in [-0.05, 0) is 54.1 Å². The fourth-order valence-corrected chi connectivity index (χ4v) is 2.61. The summed E-state index contributed by atoms with van der Waals surface area (Å²) in [6, 6.07) is 9.58. The number of rotatable bonds is 6. The molecule has 1 aromatic heterocycles. The summed E-state index contributed by atoms with van der Waals surface area (Å²) in [6.07, 6.45) is 3.07. The fourth-order valence-electron chi connectivity index (χ4n) is 1.80. The molecule has 0 bridgehead atoms. The molecule has 0 fully saturated rings. The van der Waals surface area contributed by atoms with Crippen LogP contribution in [0.25, 0.3) is 11.3 Å². The smallest absolute Gasteiger partial charge is 0.230 e. The lowest BCUT2D eigenvalue weighted by molar-refractivity contribution is -0.119. The van der Waals surface area contributed by atoms with Gasteiger partial charge in [0.05, 0.1) is 5.69 Å². The highest BCUT2D eigenvalue weighted by atomic mass is 35.5. The summed E-state index contributed by atoms with van der Waals surface area (Å²) < 4.78 is 2.86. The molecule has 0 aliphatic heterocycles. The third-order valence-corrected chi connectivity index (χ3v) is 3.99. The number of halogens is 1.